The van der Waals surface area contributed by atoms with Gasteiger partial charge in [0.15, 0.2) is 0 Å². The lowest BCUT2D eigenvalue weighted by molar-refractivity contribution is 0.0837. The summed E-state index contributed by atoms with van der Waals surface area (Å²) in [7, 11) is 0. The molecule has 0 amide bonds. The third-order valence-corrected chi connectivity index (χ3v) is 5.02. The van der Waals surface area contributed by atoms with Crippen LogP contribution in [0.25, 0.3) is 21.6 Å². The van der Waals surface area contributed by atoms with Crippen molar-refractivity contribution in [1.82, 2.24) is 15.0 Å². The Morgan fingerprint density at radius 1 is 1.12 bits per heavy atom. The molecule has 1 saturated heterocycles. The van der Waals surface area contributed by atoms with E-state index in [0.717, 1.165) is 28.7 Å². The van der Waals surface area contributed by atoms with Crippen LogP contribution >= 0.6 is 11.3 Å². The van der Waals surface area contributed by atoms with E-state index >= 15 is 0 Å². The smallest absolute Gasteiger partial charge is 0.147 e. The van der Waals surface area contributed by atoms with Gasteiger partial charge >= 0.3 is 0 Å². The van der Waals surface area contributed by atoms with Crippen molar-refractivity contribution in [3.8, 4) is 11.3 Å². The van der Waals surface area contributed by atoms with Gasteiger partial charge in [0.1, 0.15) is 33.5 Å². The van der Waals surface area contributed by atoms with Crippen molar-refractivity contribution in [1.29, 1.82) is 0 Å². The maximum absolute atomic E-state index is 14.3. The van der Waals surface area contributed by atoms with E-state index in [9.17, 15) is 8.78 Å². The average molecular weight is 347 g/mol. The van der Waals surface area contributed by atoms with Gasteiger partial charge in [-0.05, 0) is 31.9 Å². The van der Waals surface area contributed by atoms with Crippen LogP contribution in [0.2, 0.25) is 0 Å². The zero-order valence-electron chi connectivity index (χ0n) is 13.1. The van der Waals surface area contributed by atoms with Gasteiger partial charge in [-0.15, -0.1) is 0 Å². The molecule has 1 aliphatic rings. The Morgan fingerprint density at radius 3 is 2.67 bits per heavy atom. The lowest BCUT2D eigenvalue weighted by Gasteiger charge is -2.21. The van der Waals surface area contributed by atoms with Crippen molar-refractivity contribution < 1.29 is 13.5 Å². The predicted octanol–water partition coefficient (Wildman–Crippen LogP) is 4.23. The van der Waals surface area contributed by atoms with E-state index in [-0.39, 0.29) is 11.5 Å². The summed E-state index contributed by atoms with van der Waals surface area (Å²) >= 11 is 1.46. The fourth-order valence-electron chi connectivity index (χ4n) is 2.95. The molecule has 0 bridgehead atoms. The number of halogens is 2. The molecule has 3 heterocycles. The summed E-state index contributed by atoms with van der Waals surface area (Å²) in [6, 6.07) is 3.52. The van der Waals surface area contributed by atoms with E-state index in [1.165, 1.54) is 23.5 Å². The Bertz CT molecular complexity index is 906. The highest BCUT2D eigenvalue weighted by molar-refractivity contribution is 7.18. The first kappa shape index (κ1) is 15.5. The number of thiazole rings is 1. The van der Waals surface area contributed by atoms with Gasteiger partial charge in [0, 0.05) is 30.8 Å². The Balaban J connectivity index is 1.91. The predicted molar refractivity (Wildman–Crippen MR) is 88.1 cm³/mol. The molecule has 7 heteroatoms. The molecule has 24 heavy (non-hydrogen) atoms. The fourth-order valence-corrected chi connectivity index (χ4v) is 3.75. The summed E-state index contributed by atoms with van der Waals surface area (Å²) in [6.07, 6.45) is 1.68. The van der Waals surface area contributed by atoms with Gasteiger partial charge in [-0.2, -0.15) is 0 Å². The number of fused-ring (bicyclic) bond motifs is 1. The van der Waals surface area contributed by atoms with Crippen LogP contribution in [-0.2, 0) is 4.74 Å². The first-order chi connectivity index (χ1) is 11.6. The van der Waals surface area contributed by atoms with E-state index in [2.05, 4.69) is 15.0 Å². The zero-order valence-corrected chi connectivity index (χ0v) is 13.9. The van der Waals surface area contributed by atoms with Crippen molar-refractivity contribution >= 4 is 21.7 Å². The van der Waals surface area contributed by atoms with Crippen LogP contribution in [0, 0.1) is 18.6 Å². The topological polar surface area (TPSA) is 47.9 Å². The summed E-state index contributed by atoms with van der Waals surface area (Å²) < 4.78 is 32.9. The Kier molecular flexibility index (Phi) is 3.97. The first-order valence-corrected chi connectivity index (χ1v) is 8.61. The van der Waals surface area contributed by atoms with Gasteiger partial charge in [0.25, 0.3) is 0 Å². The van der Waals surface area contributed by atoms with Crippen molar-refractivity contribution in [2.45, 2.75) is 25.7 Å². The summed E-state index contributed by atoms with van der Waals surface area (Å²) in [5, 5.41) is 0.840. The Labute approximate surface area is 141 Å². The number of nitrogens with zero attached hydrogens (tertiary/aromatic N) is 3. The molecular weight excluding hydrogens is 332 g/mol. The van der Waals surface area contributed by atoms with E-state index in [4.69, 9.17) is 4.74 Å². The highest BCUT2D eigenvalue weighted by atomic mass is 32.1. The molecular formula is C17H15F2N3OS. The van der Waals surface area contributed by atoms with Crippen LogP contribution in [0.15, 0.2) is 18.2 Å². The molecule has 4 nitrogen and oxygen atoms in total. The van der Waals surface area contributed by atoms with Crippen LogP contribution in [0.3, 0.4) is 0 Å². The van der Waals surface area contributed by atoms with Crippen molar-refractivity contribution in [3.63, 3.8) is 0 Å². The number of benzene rings is 1. The molecule has 4 rings (SSSR count). The molecule has 124 valence electrons. The van der Waals surface area contributed by atoms with Crippen LogP contribution in [0.4, 0.5) is 8.78 Å². The monoisotopic (exact) mass is 347 g/mol. The van der Waals surface area contributed by atoms with Gasteiger partial charge in [-0.1, -0.05) is 11.3 Å². The van der Waals surface area contributed by atoms with Gasteiger partial charge < -0.3 is 4.74 Å². The number of aryl methyl sites for hydroxylation is 1. The molecule has 0 N–H and O–H groups in total. The van der Waals surface area contributed by atoms with E-state index in [1.807, 2.05) is 6.92 Å². The molecule has 1 aliphatic heterocycles. The van der Waals surface area contributed by atoms with Crippen molar-refractivity contribution in [3.05, 3.63) is 40.7 Å². The maximum Gasteiger partial charge on any atom is 0.147 e. The maximum atomic E-state index is 14.3. The van der Waals surface area contributed by atoms with Gasteiger partial charge in [0.2, 0.25) is 0 Å². The SMILES string of the molecule is Cc1nc2c(-c3ccc(F)cc3F)nc(C3CCOCC3)nc2s1. The minimum Gasteiger partial charge on any atom is -0.381 e. The molecule has 0 saturated carbocycles. The summed E-state index contributed by atoms with van der Waals surface area (Å²) in [6.45, 7) is 3.23. The molecule has 0 radical (unpaired) electrons. The van der Waals surface area contributed by atoms with E-state index < -0.39 is 11.6 Å². The number of ether oxygens (including phenoxy) is 1. The zero-order chi connectivity index (χ0) is 16.7. The summed E-state index contributed by atoms with van der Waals surface area (Å²) in [5.74, 6) is -0.375. The average Bonchev–Trinajstić information content (AvgIpc) is 2.95. The second-order valence-electron chi connectivity index (χ2n) is 5.83. The lowest BCUT2D eigenvalue weighted by atomic mass is 9.99. The molecule has 0 aliphatic carbocycles. The molecule has 0 atom stereocenters. The highest BCUT2D eigenvalue weighted by Crippen LogP contribution is 2.34. The largest absolute Gasteiger partial charge is 0.381 e. The van der Waals surface area contributed by atoms with Crippen LogP contribution in [0.5, 0.6) is 0 Å². The number of hydrogen-bond acceptors (Lipinski definition) is 5. The number of aromatic nitrogens is 3. The second-order valence-corrected chi connectivity index (χ2v) is 7.01. The standard InChI is InChI=1S/C17H15F2N3OS/c1-9-20-15-14(12-3-2-11(18)8-13(12)19)21-16(22-17(15)24-9)10-4-6-23-7-5-10/h2-3,8,10H,4-7H2,1H3. The molecule has 0 unspecified atom stereocenters. The molecule has 1 aromatic carbocycles. The van der Waals surface area contributed by atoms with E-state index in [0.29, 0.717) is 30.2 Å². The summed E-state index contributed by atoms with van der Waals surface area (Å²) in [5.41, 5.74) is 1.25. The fraction of sp³-hybridized carbons (Fsp3) is 0.353. The molecule has 3 aromatic rings. The second kappa shape index (κ2) is 6.14. The van der Waals surface area contributed by atoms with Crippen molar-refractivity contribution in [2.24, 2.45) is 0 Å². The molecule has 2 aromatic heterocycles. The highest BCUT2D eigenvalue weighted by Gasteiger charge is 2.23. The van der Waals surface area contributed by atoms with Crippen LogP contribution in [0.1, 0.15) is 29.6 Å². The molecule has 1 fully saturated rings. The van der Waals surface area contributed by atoms with E-state index in [1.54, 1.807) is 0 Å². The third kappa shape index (κ3) is 2.78. The minimum absolute atomic E-state index is 0.188. The minimum atomic E-state index is -0.640. The normalized spacial score (nSPS) is 16.0. The van der Waals surface area contributed by atoms with Gasteiger partial charge in [-0.3, -0.25) is 0 Å². The van der Waals surface area contributed by atoms with Crippen LogP contribution < -0.4 is 0 Å². The van der Waals surface area contributed by atoms with Crippen molar-refractivity contribution in [2.75, 3.05) is 13.2 Å². The lowest BCUT2D eigenvalue weighted by Crippen LogP contribution is -2.16. The number of rotatable bonds is 2. The molecule has 0 spiro atoms. The van der Waals surface area contributed by atoms with Gasteiger partial charge in [-0.25, -0.2) is 23.7 Å². The Hall–Kier alpha value is -1.99. The Morgan fingerprint density at radius 2 is 1.92 bits per heavy atom. The summed E-state index contributed by atoms with van der Waals surface area (Å²) in [4.78, 5) is 14.4. The third-order valence-electron chi connectivity index (χ3n) is 4.16. The van der Waals surface area contributed by atoms with Gasteiger partial charge in [0.05, 0.1) is 5.01 Å². The first-order valence-electron chi connectivity index (χ1n) is 7.80. The van der Waals surface area contributed by atoms with Crippen LogP contribution in [-0.4, -0.2) is 28.2 Å². The quantitative estimate of drug-likeness (QED) is 0.696. The number of hydrogen-bond donors (Lipinski definition) is 0.